The Morgan fingerprint density at radius 2 is 2.00 bits per heavy atom. The molecule has 1 aliphatic carbocycles. The number of benzene rings is 1. The first-order chi connectivity index (χ1) is 10.5. The second-order valence-electron chi connectivity index (χ2n) is 6.11. The number of hydrogen-bond acceptors (Lipinski definition) is 4. The number of hydrogen-bond donors (Lipinski definition) is 0. The molecule has 0 amide bonds. The summed E-state index contributed by atoms with van der Waals surface area (Å²) in [6.07, 6.45) is 3.95. The van der Waals surface area contributed by atoms with Crippen LogP contribution in [0.1, 0.15) is 51.5 Å². The van der Waals surface area contributed by atoms with Crippen molar-refractivity contribution in [3.8, 4) is 5.75 Å². The van der Waals surface area contributed by atoms with Crippen molar-refractivity contribution in [2.45, 2.75) is 51.5 Å². The van der Waals surface area contributed by atoms with E-state index in [4.69, 9.17) is 4.74 Å². The van der Waals surface area contributed by atoms with Gasteiger partial charge in [-0.05, 0) is 50.6 Å². The molecule has 1 fully saturated rings. The second-order valence-corrected chi connectivity index (χ2v) is 6.11. The molecule has 0 aliphatic heterocycles. The van der Waals surface area contributed by atoms with Crippen molar-refractivity contribution in [1.29, 1.82) is 0 Å². The maximum atomic E-state index is 11.7. The Kier molecular flexibility index (Phi) is 5.35. The van der Waals surface area contributed by atoms with Gasteiger partial charge in [0, 0.05) is 25.3 Å². The smallest absolute Gasteiger partial charge is 0.308 e. The predicted octanol–water partition coefficient (Wildman–Crippen LogP) is 3.29. The highest BCUT2D eigenvalue weighted by Gasteiger charge is 2.39. The molecule has 0 aromatic heterocycles. The highest BCUT2D eigenvalue weighted by atomic mass is 16.5. The van der Waals surface area contributed by atoms with Gasteiger partial charge in [-0.25, -0.2) is 0 Å². The van der Waals surface area contributed by atoms with Crippen LogP contribution < -0.4 is 4.74 Å². The van der Waals surface area contributed by atoms with Crippen LogP contribution in [-0.2, 0) is 15.1 Å². The molecule has 4 nitrogen and oxygen atoms in total. The van der Waals surface area contributed by atoms with E-state index in [2.05, 4.69) is 24.9 Å². The van der Waals surface area contributed by atoms with E-state index < -0.39 is 0 Å². The number of ketones is 1. The van der Waals surface area contributed by atoms with Crippen LogP contribution in [-0.4, -0.2) is 30.2 Å². The molecule has 0 unspecified atom stereocenters. The Bertz CT molecular complexity index is 543. The fraction of sp³-hybridized carbons (Fsp3) is 0.556. The van der Waals surface area contributed by atoms with Crippen LogP contribution in [0.15, 0.2) is 24.3 Å². The molecule has 1 aromatic carbocycles. The zero-order valence-electron chi connectivity index (χ0n) is 13.7. The Morgan fingerprint density at radius 1 is 1.32 bits per heavy atom. The molecule has 0 radical (unpaired) electrons. The van der Waals surface area contributed by atoms with Crippen LogP contribution in [0.2, 0.25) is 0 Å². The highest BCUT2D eigenvalue weighted by molar-refractivity contribution is 5.79. The lowest BCUT2D eigenvalue weighted by molar-refractivity contribution is -0.131. The Labute approximate surface area is 132 Å². The zero-order chi connectivity index (χ0) is 16.2. The molecule has 0 saturated heterocycles. The number of nitrogens with zero attached hydrogens (tertiary/aromatic N) is 1. The van der Waals surface area contributed by atoms with Crippen LogP contribution in [0.5, 0.6) is 5.75 Å². The lowest BCUT2D eigenvalue weighted by Crippen LogP contribution is -2.47. The standard InChI is InChI=1S/C18H25NO3/c1-4-12-19(3)18(10-8-16(21)9-11-18)15-6-5-7-17(13-15)22-14(2)20/h5-7,13H,4,8-12H2,1-3H3. The first-order valence-corrected chi connectivity index (χ1v) is 8.00. The quantitative estimate of drug-likeness (QED) is 0.618. The summed E-state index contributed by atoms with van der Waals surface area (Å²) in [4.78, 5) is 25.2. The maximum Gasteiger partial charge on any atom is 0.308 e. The normalized spacial score (nSPS) is 17.5. The largest absolute Gasteiger partial charge is 0.427 e. The first kappa shape index (κ1) is 16.7. The van der Waals surface area contributed by atoms with Crippen molar-refractivity contribution in [3.63, 3.8) is 0 Å². The van der Waals surface area contributed by atoms with Crippen LogP contribution in [0.3, 0.4) is 0 Å². The third-order valence-electron chi connectivity index (χ3n) is 4.56. The van der Waals surface area contributed by atoms with Crippen LogP contribution in [0, 0.1) is 0 Å². The minimum Gasteiger partial charge on any atom is -0.427 e. The molecule has 0 N–H and O–H groups in total. The molecule has 1 saturated carbocycles. The third kappa shape index (κ3) is 3.55. The average Bonchev–Trinajstić information content (AvgIpc) is 2.48. The summed E-state index contributed by atoms with van der Waals surface area (Å²) in [5.41, 5.74) is 0.995. The molecule has 0 heterocycles. The molecular weight excluding hydrogens is 278 g/mol. The van der Waals surface area contributed by atoms with Gasteiger partial charge in [-0.2, -0.15) is 0 Å². The van der Waals surface area contributed by atoms with E-state index in [-0.39, 0.29) is 11.5 Å². The van der Waals surface area contributed by atoms with Crippen molar-refractivity contribution >= 4 is 11.8 Å². The molecule has 0 bridgehead atoms. The predicted molar refractivity (Wildman–Crippen MR) is 85.8 cm³/mol. The molecule has 4 heteroatoms. The summed E-state index contributed by atoms with van der Waals surface area (Å²) >= 11 is 0. The number of carbonyl (C=O) groups is 2. The van der Waals surface area contributed by atoms with Crippen LogP contribution in [0.4, 0.5) is 0 Å². The Balaban J connectivity index is 2.36. The fourth-order valence-electron chi connectivity index (χ4n) is 3.40. The third-order valence-corrected chi connectivity index (χ3v) is 4.56. The molecular formula is C18H25NO3. The monoisotopic (exact) mass is 303 g/mol. The zero-order valence-corrected chi connectivity index (χ0v) is 13.7. The van der Waals surface area contributed by atoms with Gasteiger partial charge in [-0.15, -0.1) is 0 Å². The molecule has 22 heavy (non-hydrogen) atoms. The van der Waals surface area contributed by atoms with E-state index in [0.717, 1.165) is 31.4 Å². The van der Waals surface area contributed by atoms with E-state index in [1.165, 1.54) is 6.92 Å². The van der Waals surface area contributed by atoms with Gasteiger partial charge in [0.15, 0.2) is 0 Å². The van der Waals surface area contributed by atoms with Crippen molar-refractivity contribution in [3.05, 3.63) is 29.8 Å². The molecule has 120 valence electrons. The number of Topliss-reactive ketones (excluding diaryl/α,β-unsaturated/α-hetero) is 1. The van der Waals surface area contributed by atoms with Crippen LogP contribution >= 0.6 is 0 Å². The van der Waals surface area contributed by atoms with Crippen molar-refractivity contribution in [2.24, 2.45) is 0 Å². The summed E-state index contributed by atoms with van der Waals surface area (Å²) in [7, 11) is 2.12. The molecule has 1 aromatic rings. The first-order valence-electron chi connectivity index (χ1n) is 8.00. The minimum absolute atomic E-state index is 0.139. The van der Waals surface area contributed by atoms with Gasteiger partial charge in [0.05, 0.1) is 0 Å². The van der Waals surface area contributed by atoms with Gasteiger partial charge >= 0.3 is 5.97 Å². The summed E-state index contributed by atoms with van der Waals surface area (Å²) < 4.78 is 5.23. The summed E-state index contributed by atoms with van der Waals surface area (Å²) in [6, 6.07) is 7.75. The van der Waals surface area contributed by atoms with E-state index >= 15 is 0 Å². The molecule has 0 spiro atoms. The molecule has 1 aliphatic rings. The van der Waals surface area contributed by atoms with E-state index in [1.807, 2.05) is 12.1 Å². The molecule has 0 atom stereocenters. The summed E-state index contributed by atoms with van der Waals surface area (Å²) in [5, 5.41) is 0. The average molecular weight is 303 g/mol. The van der Waals surface area contributed by atoms with Gasteiger partial charge in [0.2, 0.25) is 0 Å². The van der Waals surface area contributed by atoms with Gasteiger partial charge < -0.3 is 4.74 Å². The van der Waals surface area contributed by atoms with Crippen molar-refractivity contribution < 1.29 is 14.3 Å². The lowest BCUT2D eigenvalue weighted by atomic mass is 9.75. The minimum atomic E-state index is -0.313. The van der Waals surface area contributed by atoms with E-state index in [0.29, 0.717) is 24.4 Å². The van der Waals surface area contributed by atoms with E-state index in [1.54, 1.807) is 6.07 Å². The van der Waals surface area contributed by atoms with Gasteiger partial charge in [-0.1, -0.05) is 19.1 Å². The van der Waals surface area contributed by atoms with Gasteiger partial charge in [0.1, 0.15) is 11.5 Å². The Hall–Kier alpha value is -1.68. The second kappa shape index (κ2) is 7.05. The summed E-state index contributed by atoms with van der Waals surface area (Å²) in [5.74, 6) is 0.606. The molecule has 2 rings (SSSR count). The topological polar surface area (TPSA) is 46.6 Å². The maximum absolute atomic E-state index is 11.7. The van der Waals surface area contributed by atoms with Gasteiger partial charge in [-0.3, -0.25) is 14.5 Å². The number of rotatable bonds is 5. The van der Waals surface area contributed by atoms with E-state index in [9.17, 15) is 9.59 Å². The Morgan fingerprint density at radius 3 is 2.59 bits per heavy atom. The number of ether oxygens (including phenoxy) is 1. The highest BCUT2D eigenvalue weighted by Crippen LogP contribution is 2.41. The number of carbonyl (C=O) groups excluding carboxylic acids is 2. The number of esters is 1. The summed E-state index contributed by atoms with van der Waals surface area (Å²) in [6.45, 7) is 4.55. The fourth-order valence-corrected chi connectivity index (χ4v) is 3.40. The van der Waals surface area contributed by atoms with Crippen LogP contribution in [0.25, 0.3) is 0 Å². The van der Waals surface area contributed by atoms with Crippen molar-refractivity contribution in [1.82, 2.24) is 4.90 Å². The SMILES string of the molecule is CCCN(C)C1(c2cccc(OC(C)=O)c2)CCC(=O)CC1. The van der Waals surface area contributed by atoms with Gasteiger partial charge in [0.25, 0.3) is 0 Å². The van der Waals surface area contributed by atoms with Crippen molar-refractivity contribution in [2.75, 3.05) is 13.6 Å². The lowest BCUT2D eigenvalue weighted by Gasteiger charge is -2.45.